The second kappa shape index (κ2) is 6.74. The molecule has 0 atom stereocenters. The van der Waals surface area contributed by atoms with E-state index in [0.717, 1.165) is 17.9 Å². The van der Waals surface area contributed by atoms with E-state index < -0.39 is 0 Å². The van der Waals surface area contributed by atoms with Crippen molar-refractivity contribution in [3.05, 3.63) is 52.6 Å². The lowest BCUT2D eigenvalue weighted by Crippen LogP contribution is -2.19. The molecule has 0 saturated carbocycles. The first-order chi connectivity index (χ1) is 12.6. The van der Waals surface area contributed by atoms with Crippen molar-refractivity contribution in [1.29, 1.82) is 0 Å². The number of ether oxygens (including phenoxy) is 2. The van der Waals surface area contributed by atoms with E-state index in [-0.39, 0.29) is 10.8 Å². The van der Waals surface area contributed by atoms with E-state index in [1.807, 2.05) is 0 Å². The maximum Gasteiger partial charge on any atom is 0.126 e. The fraction of sp³-hybridized carbons (Fsp3) is 0.440. The molecule has 1 aliphatic carbocycles. The number of methoxy groups -OCH3 is 2. The third-order valence-electron chi connectivity index (χ3n) is 5.36. The first-order valence-corrected chi connectivity index (χ1v) is 9.67. The van der Waals surface area contributed by atoms with Crippen molar-refractivity contribution in [2.75, 3.05) is 14.2 Å². The molecule has 0 heterocycles. The van der Waals surface area contributed by atoms with Crippen LogP contribution < -0.4 is 9.47 Å². The molecule has 2 heteroatoms. The fourth-order valence-electron chi connectivity index (χ4n) is 3.90. The molecule has 3 rings (SSSR count). The molecule has 1 aliphatic rings. The number of hydrogen-bond acceptors (Lipinski definition) is 2. The van der Waals surface area contributed by atoms with Gasteiger partial charge < -0.3 is 9.47 Å². The summed E-state index contributed by atoms with van der Waals surface area (Å²) in [6.07, 6.45) is 5.38. The zero-order chi connectivity index (χ0) is 20.0. The molecule has 0 bridgehead atoms. The first-order valence-electron chi connectivity index (χ1n) is 9.67. The molecule has 144 valence electrons. The lowest BCUT2D eigenvalue weighted by atomic mass is 9.77. The van der Waals surface area contributed by atoms with Crippen molar-refractivity contribution in [2.24, 2.45) is 0 Å². The van der Waals surface area contributed by atoms with Gasteiger partial charge in [-0.15, -0.1) is 0 Å². The summed E-state index contributed by atoms with van der Waals surface area (Å²) < 4.78 is 11.5. The standard InChI is InChI=1S/C25H32O2/c1-24(2,3)20-14-16(15-21(23(20)27-8)25(4,5)6)17-12-13-22(26-7)19-11-9-10-18(17)19/h9-10,12-15H,11H2,1-8H3. The third-order valence-corrected chi connectivity index (χ3v) is 5.36. The Hall–Kier alpha value is -2.22. The number of benzene rings is 2. The molecule has 2 aromatic carbocycles. The Kier molecular flexibility index (Phi) is 4.88. The summed E-state index contributed by atoms with van der Waals surface area (Å²) in [5.41, 5.74) is 7.55. The van der Waals surface area contributed by atoms with Crippen LogP contribution in [0, 0.1) is 0 Å². The predicted molar refractivity (Wildman–Crippen MR) is 115 cm³/mol. The summed E-state index contributed by atoms with van der Waals surface area (Å²) in [5.74, 6) is 1.99. The first kappa shape index (κ1) is 19.5. The highest BCUT2D eigenvalue weighted by Crippen LogP contribution is 2.44. The maximum absolute atomic E-state index is 5.92. The zero-order valence-electron chi connectivity index (χ0n) is 18.0. The minimum Gasteiger partial charge on any atom is -0.496 e. The molecular formula is C25H32O2. The second-order valence-electron chi connectivity index (χ2n) is 9.42. The predicted octanol–water partition coefficient (Wildman–Crippen LogP) is 6.54. The highest BCUT2D eigenvalue weighted by Gasteiger charge is 2.28. The van der Waals surface area contributed by atoms with E-state index >= 15 is 0 Å². The molecule has 0 fully saturated rings. The Labute approximate surface area is 164 Å². The van der Waals surface area contributed by atoms with Crippen LogP contribution in [0.2, 0.25) is 0 Å². The van der Waals surface area contributed by atoms with Crippen molar-refractivity contribution >= 4 is 6.08 Å². The van der Waals surface area contributed by atoms with Gasteiger partial charge in [0.2, 0.25) is 0 Å². The van der Waals surface area contributed by atoms with Crippen molar-refractivity contribution in [2.45, 2.75) is 58.8 Å². The molecule has 0 spiro atoms. The Bertz CT molecular complexity index is 855. The van der Waals surface area contributed by atoms with E-state index in [9.17, 15) is 0 Å². The molecule has 0 unspecified atom stereocenters. The molecule has 27 heavy (non-hydrogen) atoms. The van der Waals surface area contributed by atoms with E-state index in [0.29, 0.717) is 0 Å². The minimum atomic E-state index is -0.00711. The number of hydrogen-bond donors (Lipinski definition) is 0. The Morgan fingerprint density at radius 3 is 1.89 bits per heavy atom. The SMILES string of the molecule is COc1ccc(-c2cc(C(C)(C)C)c(OC)c(C(C)(C)C)c2)c2c1CC=C2. The number of allylic oxidation sites excluding steroid dienone is 1. The fourth-order valence-corrected chi connectivity index (χ4v) is 3.90. The van der Waals surface area contributed by atoms with Crippen molar-refractivity contribution in [1.82, 2.24) is 0 Å². The monoisotopic (exact) mass is 364 g/mol. The maximum atomic E-state index is 5.92. The molecule has 0 aromatic heterocycles. The molecule has 0 saturated heterocycles. The van der Waals surface area contributed by atoms with Gasteiger partial charge in [0.25, 0.3) is 0 Å². The van der Waals surface area contributed by atoms with Crippen LogP contribution in [0.5, 0.6) is 11.5 Å². The van der Waals surface area contributed by atoms with E-state index in [1.165, 1.54) is 33.4 Å². The van der Waals surface area contributed by atoms with Gasteiger partial charge >= 0.3 is 0 Å². The lowest BCUT2D eigenvalue weighted by molar-refractivity contribution is 0.381. The van der Waals surface area contributed by atoms with Crippen molar-refractivity contribution in [3.8, 4) is 22.6 Å². The normalized spacial score (nSPS) is 13.6. The van der Waals surface area contributed by atoms with Gasteiger partial charge in [-0.25, -0.2) is 0 Å². The summed E-state index contributed by atoms with van der Waals surface area (Å²) in [6, 6.07) is 8.90. The number of rotatable bonds is 3. The topological polar surface area (TPSA) is 18.5 Å². The van der Waals surface area contributed by atoms with Crippen LogP contribution in [0.1, 0.15) is 63.8 Å². The van der Waals surface area contributed by atoms with Crippen LogP contribution in [0.4, 0.5) is 0 Å². The van der Waals surface area contributed by atoms with Gasteiger partial charge in [0.05, 0.1) is 14.2 Å². The van der Waals surface area contributed by atoms with Gasteiger partial charge in [0.15, 0.2) is 0 Å². The van der Waals surface area contributed by atoms with E-state index in [4.69, 9.17) is 9.47 Å². The summed E-state index contributed by atoms with van der Waals surface area (Å²) in [4.78, 5) is 0. The largest absolute Gasteiger partial charge is 0.496 e. The number of fused-ring (bicyclic) bond motifs is 1. The average molecular weight is 365 g/mol. The summed E-state index contributed by atoms with van der Waals surface area (Å²) in [5, 5.41) is 0. The Morgan fingerprint density at radius 2 is 1.41 bits per heavy atom. The minimum absolute atomic E-state index is 0.00711. The van der Waals surface area contributed by atoms with Crippen LogP contribution in [0.15, 0.2) is 30.3 Å². The van der Waals surface area contributed by atoms with Gasteiger partial charge in [0, 0.05) is 16.7 Å². The van der Waals surface area contributed by atoms with Crippen LogP contribution in [-0.2, 0) is 17.3 Å². The Morgan fingerprint density at radius 1 is 0.815 bits per heavy atom. The molecule has 0 radical (unpaired) electrons. The van der Waals surface area contributed by atoms with Gasteiger partial charge in [-0.05, 0) is 52.1 Å². The zero-order valence-corrected chi connectivity index (χ0v) is 18.0. The van der Waals surface area contributed by atoms with Crippen LogP contribution in [0.3, 0.4) is 0 Å². The molecule has 2 aromatic rings. The average Bonchev–Trinajstić information content (AvgIpc) is 3.08. The molecule has 2 nitrogen and oxygen atoms in total. The van der Waals surface area contributed by atoms with Crippen molar-refractivity contribution in [3.63, 3.8) is 0 Å². The summed E-state index contributed by atoms with van der Waals surface area (Å²) in [6.45, 7) is 13.5. The molecule has 0 amide bonds. The lowest BCUT2D eigenvalue weighted by Gasteiger charge is -2.30. The van der Waals surface area contributed by atoms with Crippen LogP contribution >= 0.6 is 0 Å². The van der Waals surface area contributed by atoms with Gasteiger partial charge in [-0.1, -0.05) is 59.8 Å². The summed E-state index contributed by atoms with van der Waals surface area (Å²) >= 11 is 0. The van der Waals surface area contributed by atoms with E-state index in [2.05, 4.69) is 78.0 Å². The molecule has 0 aliphatic heterocycles. The van der Waals surface area contributed by atoms with Crippen LogP contribution in [0.25, 0.3) is 17.2 Å². The molecule has 0 N–H and O–H groups in total. The third kappa shape index (κ3) is 3.50. The van der Waals surface area contributed by atoms with Crippen LogP contribution in [-0.4, -0.2) is 14.2 Å². The van der Waals surface area contributed by atoms with Gasteiger partial charge in [0.1, 0.15) is 11.5 Å². The van der Waals surface area contributed by atoms with Crippen molar-refractivity contribution < 1.29 is 9.47 Å². The Balaban J connectivity index is 2.33. The van der Waals surface area contributed by atoms with Gasteiger partial charge in [-0.3, -0.25) is 0 Å². The van der Waals surface area contributed by atoms with E-state index in [1.54, 1.807) is 14.2 Å². The highest BCUT2D eigenvalue weighted by atomic mass is 16.5. The quantitative estimate of drug-likeness (QED) is 0.616. The van der Waals surface area contributed by atoms with Gasteiger partial charge in [-0.2, -0.15) is 0 Å². The second-order valence-corrected chi connectivity index (χ2v) is 9.42. The summed E-state index contributed by atoms with van der Waals surface area (Å²) in [7, 11) is 3.53. The molecular weight excluding hydrogens is 332 g/mol. The smallest absolute Gasteiger partial charge is 0.126 e. The highest BCUT2D eigenvalue weighted by molar-refractivity contribution is 5.82.